The highest BCUT2D eigenvalue weighted by Gasteiger charge is 2.16. The van der Waals surface area contributed by atoms with Crippen LogP contribution in [0.25, 0.3) is 0 Å². The van der Waals surface area contributed by atoms with Gasteiger partial charge < -0.3 is 5.11 Å². The second kappa shape index (κ2) is 4.84. The summed E-state index contributed by atoms with van der Waals surface area (Å²) in [4.78, 5) is 8.84. The molecule has 0 bridgehead atoms. The lowest BCUT2D eigenvalue weighted by Crippen LogP contribution is -2.19. The molecule has 3 nitrogen and oxygen atoms in total. The summed E-state index contributed by atoms with van der Waals surface area (Å²) >= 11 is 0. The average molecular weight is 227 g/mol. The van der Waals surface area contributed by atoms with Crippen LogP contribution in [0.5, 0.6) is 0 Å². The Hall–Kier alpha value is -0.760. The summed E-state index contributed by atoms with van der Waals surface area (Å²) in [6, 6.07) is 6.95. The van der Waals surface area contributed by atoms with Crippen molar-refractivity contribution in [2.45, 2.75) is 32.3 Å². The van der Waals surface area contributed by atoms with Gasteiger partial charge in [0, 0.05) is 0 Å². The zero-order valence-electron chi connectivity index (χ0n) is 8.97. The molecule has 1 atom stereocenters. The number of hydrogen-bond donors (Lipinski definition) is 2. The number of benzene rings is 1. The minimum atomic E-state index is -2.24. The van der Waals surface area contributed by atoms with Crippen molar-refractivity contribution in [1.29, 1.82) is 0 Å². The van der Waals surface area contributed by atoms with Gasteiger partial charge in [0.25, 0.3) is 0 Å². The molecule has 0 radical (unpaired) electrons. The average Bonchev–Trinajstić information content (AvgIpc) is 2.14. The zero-order valence-corrected chi connectivity index (χ0v) is 9.87. The number of aryl methyl sites for hydroxylation is 1. The van der Waals surface area contributed by atoms with E-state index in [0.717, 1.165) is 12.0 Å². The highest BCUT2D eigenvalue weighted by atomic mass is 31.1. The maximum atomic E-state index is 10.7. The van der Waals surface area contributed by atoms with E-state index < -0.39 is 13.6 Å². The van der Waals surface area contributed by atoms with Crippen molar-refractivity contribution in [1.82, 2.24) is 0 Å². The van der Waals surface area contributed by atoms with Crippen molar-refractivity contribution in [2.75, 3.05) is 0 Å². The lowest BCUT2D eigenvalue weighted by Gasteiger charge is -2.16. The van der Waals surface area contributed by atoms with Gasteiger partial charge in [0.15, 0.2) is 0 Å². The molecule has 0 aliphatic carbocycles. The Morgan fingerprint density at radius 3 is 2.20 bits per heavy atom. The normalized spacial score (nSPS) is 12.7. The first-order valence-electron chi connectivity index (χ1n) is 4.86. The summed E-state index contributed by atoms with van der Waals surface area (Å²) in [5.41, 5.74) is 0.401. The predicted octanol–water partition coefficient (Wildman–Crippen LogP) is 1.75. The minimum absolute atomic E-state index is 0.442. The molecule has 15 heavy (non-hydrogen) atoms. The Labute approximate surface area is 90.6 Å². The third kappa shape index (κ3) is 4.52. The van der Waals surface area contributed by atoms with E-state index in [9.17, 15) is 9.67 Å². The summed E-state index contributed by atoms with van der Waals surface area (Å²) < 4.78 is 10.7. The van der Waals surface area contributed by atoms with Gasteiger partial charge in [-0.1, -0.05) is 12.1 Å². The molecule has 0 saturated heterocycles. The van der Waals surface area contributed by atoms with Crippen molar-refractivity contribution >= 4 is 13.3 Å². The molecule has 2 N–H and O–H groups in total. The molecule has 0 heterocycles. The maximum Gasteiger partial charge on any atom is 0.546 e. The van der Waals surface area contributed by atoms with E-state index in [1.54, 1.807) is 26.0 Å². The van der Waals surface area contributed by atoms with Gasteiger partial charge in [-0.25, -0.2) is 0 Å². The molecule has 1 rings (SSSR count). The van der Waals surface area contributed by atoms with Crippen molar-refractivity contribution in [3.63, 3.8) is 0 Å². The van der Waals surface area contributed by atoms with Crippen LogP contribution in [-0.4, -0.2) is 15.6 Å². The summed E-state index contributed by atoms with van der Waals surface area (Å²) in [5, 5.41) is 9.98. The van der Waals surface area contributed by atoms with Gasteiger partial charge in [-0.15, -0.1) is 0 Å². The van der Waals surface area contributed by atoms with Crippen LogP contribution in [-0.2, 0) is 11.0 Å². The van der Waals surface area contributed by atoms with Crippen LogP contribution >= 0.6 is 8.03 Å². The first kappa shape index (κ1) is 12.3. The second-order valence-electron chi connectivity index (χ2n) is 4.25. The summed E-state index contributed by atoms with van der Waals surface area (Å²) in [5.74, 6) is 0. The van der Waals surface area contributed by atoms with E-state index >= 15 is 0 Å². The molecule has 0 amide bonds. The topological polar surface area (TPSA) is 57.5 Å². The zero-order chi connectivity index (χ0) is 11.5. The van der Waals surface area contributed by atoms with E-state index in [2.05, 4.69) is 0 Å². The van der Waals surface area contributed by atoms with Crippen LogP contribution in [0.2, 0.25) is 0 Å². The first-order valence-corrected chi connectivity index (χ1v) is 6.07. The molecule has 1 unspecified atom stereocenters. The molecule has 1 aromatic rings. The molecule has 0 aliphatic heterocycles. The van der Waals surface area contributed by atoms with E-state index in [-0.39, 0.29) is 0 Å². The fourth-order valence-electron chi connectivity index (χ4n) is 1.24. The van der Waals surface area contributed by atoms with E-state index in [0.29, 0.717) is 11.7 Å². The van der Waals surface area contributed by atoms with Gasteiger partial charge in [-0.05, 0) is 49.0 Å². The SMILES string of the molecule is CC(C)(O)CCc1ccc([P+](=O)O)cc1. The van der Waals surface area contributed by atoms with Crippen molar-refractivity contribution in [2.24, 2.45) is 0 Å². The Morgan fingerprint density at radius 2 is 1.80 bits per heavy atom. The maximum absolute atomic E-state index is 10.7. The number of rotatable bonds is 4. The highest BCUT2D eigenvalue weighted by molar-refractivity contribution is 7.47. The van der Waals surface area contributed by atoms with Gasteiger partial charge in [0.05, 0.1) is 5.60 Å². The van der Waals surface area contributed by atoms with Crippen LogP contribution in [0.3, 0.4) is 0 Å². The molecule has 0 aromatic heterocycles. The molecular weight excluding hydrogens is 211 g/mol. The van der Waals surface area contributed by atoms with Crippen LogP contribution < -0.4 is 5.30 Å². The van der Waals surface area contributed by atoms with E-state index in [1.807, 2.05) is 12.1 Å². The van der Waals surface area contributed by atoms with Crippen molar-refractivity contribution < 1.29 is 14.6 Å². The molecule has 82 valence electrons. The van der Waals surface area contributed by atoms with Crippen LogP contribution in [0, 0.1) is 0 Å². The molecule has 1 aromatic carbocycles. The Kier molecular flexibility index (Phi) is 3.97. The molecule has 0 spiro atoms. The minimum Gasteiger partial charge on any atom is -0.390 e. The van der Waals surface area contributed by atoms with Crippen LogP contribution in [0.1, 0.15) is 25.8 Å². The molecule has 4 heteroatoms. The molecular formula is C11H16O3P+. The highest BCUT2D eigenvalue weighted by Crippen LogP contribution is 2.16. The Bertz CT molecular complexity index is 338. The van der Waals surface area contributed by atoms with E-state index in [1.165, 1.54) is 0 Å². The molecule has 0 saturated carbocycles. The third-order valence-corrected chi connectivity index (χ3v) is 2.92. The van der Waals surface area contributed by atoms with Crippen LogP contribution in [0.4, 0.5) is 0 Å². The lowest BCUT2D eigenvalue weighted by atomic mass is 9.99. The number of aliphatic hydroxyl groups is 1. The van der Waals surface area contributed by atoms with Crippen LogP contribution in [0.15, 0.2) is 24.3 Å². The van der Waals surface area contributed by atoms with Crippen molar-refractivity contribution in [3.05, 3.63) is 29.8 Å². The fourth-order valence-corrected chi connectivity index (χ4v) is 1.64. The fraction of sp³-hybridized carbons (Fsp3) is 0.455. The van der Waals surface area contributed by atoms with Crippen molar-refractivity contribution in [3.8, 4) is 0 Å². The summed E-state index contributed by atoms with van der Waals surface area (Å²) in [6.45, 7) is 3.54. The Balaban J connectivity index is 2.61. The van der Waals surface area contributed by atoms with Gasteiger partial charge in [-0.2, -0.15) is 4.89 Å². The Morgan fingerprint density at radius 1 is 1.27 bits per heavy atom. The van der Waals surface area contributed by atoms with Gasteiger partial charge in [0.2, 0.25) is 5.30 Å². The van der Waals surface area contributed by atoms with Gasteiger partial charge in [0.1, 0.15) is 0 Å². The monoisotopic (exact) mass is 227 g/mol. The molecule has 0 aliphatic rings. The van der Waals surface area contributed by atoms with E-state index in [4.69, 9.17) is 4.89 Å². The quantitative estimate of drug-likeness (QED) is 0.770. The standard InChI is InChI=1S/C11H15O3P/c1-11(2,12)8-7-9-3-5-10(6-4-9)15(13)14/h3-6,12H,7-8H2,1-2H3/p+1. The smallest absolute Gasteiger partial charge is 0.390 e. The second-order valence-corrected chi connectivity index (χ2v) is 5.31. The number of hydrogen-bond acceptors (Lipinski definition) is 2. The van der Waals surface area contributed by atoms with Gasteiger partial charge >= 0.3 is 8.03 Å². The first-order chi connectivity index (χ1) is 6.88. The van der Waals surface area contributed by atoms with Gasteiger partial charge in [-0.3, -0.25) is 0 Å². The summed E-state index contributed by atoms with van der Waals surface area (Å²) in [6.07, 6.45) is 1.45. The lowest BCUT2D eigenvalue weighted by molar-refractivity contribution is 0.0714. The summed E-state index contributed by atoms with van der Waals surface area (Å²) in [7, 11) is -2.24. The third-order valence-electron chi connectivity index (χ3n) is 2.18. The predicted molar refractivity (Wildman–Crippen MR) is 60.5 cm³/mol. The molecule has 0 fully saturated rings. The largest absolute Gasteiger partial charge is 0.546 e.